The Labute approximate surface area is 79.9 Å². The molecule has 1 fully saturated rings. The van der Waals surface area contributed by atoms with Gasteiger partial charge < -0.3 is 10.6 Å². The van der Waals surface area contributed by atoms with Crippen molar-refractivity contribution in [3.63, 3.8) is 0 Å². The molecule has 0 radical (unpaired) electrons. The van der Waals surface area contributed by atoms with Gasteiger partial charge in [0.1, 0.15) is 12.2 Å². The van der Waals surface area contributed by atoms with Crippen molar-refractivity contribution in [3.05, 3.63) is 0 Å². The number of nitrogens with zero attached hydrogens (tertiary/aromatic N) is 1. The highest BCUT2D eigenvalue weighted by molar-refractivity contribution is 5.85. The lowest BCUT2D eigenvalue weighted by Gasteiger charge is -2.34. The molecule has 0 aromatic carbocycles. The zero-order valence-corrected chi connectivity index (χ0v) is 7.48. The zero-order chi connectivity index (χ0) is 10.7. The molecule has 2 atom stereocenters. The summed E-state index contributed by atoms with van der Waals surface area (Å²) in [5, 5.41) is 0. The minimum absolute atomic E-state index is 0.210. The number of nitrogens with two attached hydrogens (primary N) is 2. The average molecular weight is 205 g/mol. The monoisotopic (exact) mass is 205 g/mol. The molecule has 2 unspecified atom stereocenters. The molecule has 0 saturated carbocycles. The maximum atomic E-state index is 13.3. The summed E-state index contributed by atoms with van der Waals surface area (Å²) in [6, 6.07) is -1.26. The molecular formula is C7H12FN3O3. The first kappa shape index (κ1) is 10.7. The van der Waals surface area contributed by atoms with E-state index in [0.717, 1.165) is 4.90 Å². The standard InChI is InChI=1S/C7H12FN3O3/c8-4-2-1-3-11(7(13)14-10)5(4)6(9)12/h4-5H,1-3,10H2,(H2,9,12). The van der Waals surface area contributed by atoms with E-state index in [1.54, 1.807) is 0 Å². The quantitative estimate of drug-likeness (QED) is 0.552. The molecule has 1 rings (SSSR count). The number of hydrogen-bond acceptors (Lipinski definition) is 4. The number of carbonyl (C=O) groups is 2. The fourth-order valence-electron chi connectivity index (χ4n) is 1.55. The summed E-state index contributed by atoms with van der Waals surface area (Å²) in [4.78, 5) is 26.8. The summed E-state index contributed by atoms with van der Waals surface area (Å²) in [6.07, 6.45) is -1.71. The second-order valence-corrected chi connectivity index (χ2v) is 3.08. The first-order valence-electron chi connectivity index (χ1n) is 4.18. The third-order valence-corrected chi connectivity index (χ3v) is 2.18. The number of piperidine rings is 1. The van der Waals surface area contributed by atoms with Crippen LogP contribution in [0, 0.1) is 0 Å². The molecule has 14 heavy (non-hydrogen) atoms. The molecule has 0 bridgehead atoms. The highest BCUT2D eigenvalue weighted by Crippen LogP contribution is 2.20. The van der Waals surface area contributed by atoms with Gasteiger partial charge in [-0.05, 0) is 12.8 Å². The maximum Gasteiger partial charge on any atom is 0.429 e. The molecule has 1 saturated heterocycles. The van der Waals surface area contributed by atoms with Crippen LogP contribution >= 0.6 is 0 Å². The number of primary amides is 1. The van der Waals surface area contributed by atoms with Gasteiger partial charge in [-0.1, -0.05) is 0 Å². The minimum atomic E-state index is -1.44. The lowest BCUT2D eigenvalue weighted by Crippen LogP contribution is -2.56. The van der Waals surface area contributed by atoms with Gasteiger partial charge >= 0.3 is 6.09 Å². The largest absolute Gasteiger partial charge is 0.429 e. The number of halogens is 1. The van der Waals surface area contributed by atoms with Crippen LogP contribution in [-0.2, 0) is 9.63 Å². The van der Waals surface area contributed by atoms with E-state index in [1.807, 2.05) is 0 Å². The lowest BCUT2D eigenvalue weighted by molar-refractivity contribution is -0.126. The summed E-state index contributed by atoms with van der Waals surface area (Å²) in [6.45, 7) is 0.226. The van der Waals surface area contributed by atoms with Gasteiger partial charge in [0.2, 0.25) is 5.91 Å². The van der Waals surface area contributed by atoms with E-state index in [1.165, 1.54) is 0 Å². The summed E-state index contributed by atoms with van der Waals surface area (Å²) in [5.41, 5.74) is 4.97. The first-order chi connectivity index (χ1) is 6.57. The zero-order valence-electron chi connectivity index (χ0n) is 7.48. The Kier molecular flexibility index (Phi) is 3.23. The number of carbonyl (C=O) groups excluding carboxylic acids is 2. The molecule has 1 aliphatic heterocycles. The molecule has 0 aromatic heterocycles. The molecule has 0 aliphatic carbocycles. The Bertz CT molecular complexity index is 248. The molecule has 4 N–H and O–H groups in total. The molecule has 2 amide bonds. The van der Waals surface area contributed by atoms with Crippen molar-refractivity contribution in [1.82, 2.24) is 4.90 Å². The molecule has 80 valence electrons. The van der Waals surface area contributed by atoms with Crippen molar-refractivity contribution < 1.29 is 18.8 Å². The van der Waals surface area contributed by atoms with Crippen molar-refractivity contribution in [3.8, 4) is 0 Å². The predicted molar refractivity (Wildman–Crippen MR) is 44.5 cm³/mol. The van der Waals surface area contributed by atoms with E-state index in [-0.39, 0.29) is 13.0 Å². The Morgan fingerprint density at radius 2 is 2.14 bits per heavy atom. The van der Waals surface area contributed by atoms with E-state index in [2.05, 4.69) is 10.7 Å². The topological polar surface area (TPSA) is 98.7 Å². The Hall–Kier alpha value is -1.37. The number of rotatable bonds is 1. The highest BCUT2D eigenvalue weighted by Gasteiger charge is 2.39. The van der Waals surface area contributed by atoms with Crippen LogP contribution < -0.4 is 11.6 Å². The van der Waals surface area contributed by atoms with Crippen molar-refractivity contribution in [2.75, 3.05) is 6.54 Å². The summed E-state index contributed by atoms with van der Waals surface area (Å²) >= 11 is 0. The van der Waals surface area contributed by atoms with Crippen LogP contribution in [0.5, 0.6) is 0 Å². The molecule has 0 spiro atoms. The average Bonchev–Trinajstić information content (AvgIpc) is 2.15. The van der Waals surface area contributed by atoms with Crippen LogP contribution in [0.4, 0.5) is 9.18 Å². The van der Waals surface area contributed by atoms with Gasteiger partial charge in [0.25, 0.3) is 0 Å². The second kappa shape index (κ2) is 4.23. The second-order valence-electron chi connectivity index (χ2n) is 3.08. The summed E-state index contributed by atoms with van der Waals surface area (Å²) < 4.78 is 13.3. The van der Waals surface area contributed by atoms with Crippen LogP contribution in [0.1, 0.15) is 12.8 Å². The third kappa shape index (κ3) is 1.92. The lowest BCUT2D eigenvalue weighted by atomic mass is 10.0. The summed E-state index contributed by atoms with van der Waals surface area (Å²) in [5.74, 6) is 3.76. The number of alkyl halides is 1. The molecular weight excluding hydrogens is 193 g/mol. The van der Waals surface area contributed by atoms with E-state index < -0.39 is 24.2 Å². The molecule has 7 heteroatoms. The van der Waals surface area contributed by atoms with Crippen LogP contribution in [0.2, 0.25) is 0 Å². The predicted octanol–water partition coefficient (Wildman–Crippen LogP) is -0.716. The van der Waals surface area contributed by atoms with Crippen LogP contribution in [0.3, 0.4) is 0 Å². The molecule has 0 aromatic rings. The maximum absolute atomic E-state index is 13.3. The number of likely N-dealkylation sites (tertiary alicyclic amines) is 1. The number of hydrogen-bond donors (Lipinski definition) is 2. The third-order valence-electron chi connectivity index (χ3n) is 2.18. The van der Waals surface area contributed by atoms with E-state index in [0.29, 0.717) is 6.42 Å². The molecule has 1 aliphatic rings. The van der Waals surface area contributed by atoms with E-state index in [9.17, 15) is 14.0 Å². The first-order valence-corrected chi connectivity index (χ1v) is 4.18. The smallest absolute Gasteiger partial charge is 0.368 e. The fourth-order valence-corrected chi connectivity index (χ4v) is 1.55. The minimum Gasteiger partial charge on any atom is -0.368 e. The Morgan fingerprint density at radius 3 is 2.64 bits per heavy atom. The van der Waals surface area contributed by atoms with Gasteiger partial charge in [0.15, 0.2) is 0 Å². The fraction of sp³-hybridized carbons (Fsp3) is 0.714. The summed E-state index contributed by atoms with van der Waals surface area (Å²) in [7, 11) is 0. The van der Waals surface area contributed by atoms with Gasteiger partial charge in [-0.2, -0.15) is 5.90 Å². The van der Waals surface area contributed by atoms with Gasteiger partial charge in [-0.3, -0.25) is 9.69 Å². The van der Waals surface area contributed by atoms with Gasteiger partial charge in [0, 0.05) is 6.54 Å². The highest BCUT2D eigenvalue weighted by atomic mass is 19.1. The van der Waals surface area contributed by atoms with Crippen LogP contribution in [0.25, 0.3) is 0 Å². The van der Waals surface area contributed by atoms with E-state index >= 15 is 0 Å². The molecule has 6 nitrogen and oxygen atoms in total. The van der Waals surface area contributed by atoms with Crippen LogP contribution in [-0.4, -0.2) is 35.7 Å². The Morgan fingerprint density at radius 1 is 1.50 bits per heavy atom. The van der Waals surface area contributed by atoms with Crippen molar-refractivity contribution in [2.45, 2.75) is 25.1 Å². The molecule has 1 heterocycles. The number of amides is 2. The van der Waals surface area contributed by atoms with Gasteiger partial charge in [0.05, 0.1) is 0 Å². The van der Waals surface area contributed by atoms with E-state index in [4.69, 9.17) is 5.73 Å². The van der Waals surface area contributed by atoms with Crippen LogP contribution in [0.15, 0.2) is 0 Å². The van der Waals surface area contributed by atoms with Gasteiger partial charge in [-0.15, -0.1) is 0 Å². The van der Waals surface area contributed by atoms with Crippen molar-refractivity contribution in [1.29, 1.82) is 0 Å². The van der Waals surface area contributed by atoms with Crippen molar-refractivity contribution >= 4 is 12.0 Å². The SMILES string of the molecule is NOC(=O)N1CCCC(F)C1C(N)=O. The normalized spacial score (nSPS) is 27.1. The van der Waals surface area contributed by atoms with Gasteiger partial charge in [-0.25, -0.2) is 9.18 Å². The Balaban J connectivity index is 2.79. The van der Waals surface area contributed by atoms with Crippen molar-refractivity contribution in [2.24, 2.45) is 11.6 Å².